The van der Waals surface area contributed by atoms with Gasteiger partial charge < -0.3 is 4.74 Å². The number of hydrogen-bond donors (Lipinski definition) is 2. The molecule has 0 fully saturated rings. The van der Waals surface area contributed by atoms with E-state index in [9.17, 15) is 4.79 Å². The summed E-state index contributed by atoms with van der Waals surface area (Å²) in [5, 5.41) is 0. The van der Waals surface area contributed by atoms with Gasteiger partial charge in [0, 0.05) is 0 Å². The van der Waals surface area contributed by atoms with Gasteiger partial charge in [-0.15, -0.1) is 25.3 Å². The third kappa shape index (κ3) is 2.14. The van der Waals surface area contributed by atoms with E-state index in [1.807, 2.05) is 0 Å². The van der Waals surface area contributed by atoms with Crippen LogP contribution in [0, 0.1) is 6.08 Å². The molecule has 0 aromatic rings. The molecule has 1 rings (SSSR count). The molecule has 62 valence electrons. The molecule has 1 aliphatic rings. The van der Waals surface area contributed by atoms with E-state index in [2.05, 4.69) is 36.1 Å². The summed E-state index contributed by atoms with van der Waals surface area (Å²) in [6, 6.07) is 0. The van der Waals surface area contributed by atoms with E-state index in [1.54, 1.807) is 12.2 Å². The number of carbonyl (C=O) groups is 1. The molecule has 0 radical (unpaired) electrons. The van der Waals surface area contributed by atoms with Gasteiger partial charge in [-0.25, -0.2) is 4.79 Å². The van der Waals surface area contributed by atoms with Crippen molar-refractivity contribution in [3.63, 3.8) is 0 Å². The Bertz CT molecular complexity index is 297. The van der Waals surface area contributed by atoms with Crippen LogP contribution in [0.3, 0.4) is 0 Å². The molecule has 0 aromatic carbocycles. The second kappa shape index (κ2) is 3.81. The first kappa shape index (κ1) is 9.39. The number of rotatable bonds is 1. The van der Waals surface area contributed by atoms with Crippen molar-refractivity contribution in [3.05, 3.63) is 33.6 Å². The topological polar surface area (TPSA) is 26.3 Å². The second-order valence-electron chi connectivity index (χ2n) is 2.13. The largest absolute Gasteiger partial charge is 0.464 e. The molecule has 0 heterocycles. The molecular weight excluding hydrogens is 192 g/mol. The summed E-state index contributed by atoms with van der Waals surface area (Å²) in [4.78, 5) is 12.2. The summed E-state index contributed by atoms with van der Waals surface area (Å²) in [7, 11) is 1.33. The van der Waals surface area contributed by atoms with E-state index in [-0.39, 0.29) is 0 Å². The average Bonchev–Trinajstić information content (AvgIpc) is 2.01. The zero-order valence-corrected chi connectivity index (χ0v) is 8.15. The van der Waals surface area contributed by atoms with E-state index >= 15 is 0 Å². The third-order valence-corrected chi connectivity index (χ3v) is 1.74. The van der Waals surface area contributed by atoms with E-state index in [0.29, 0.717) is 15.4 Å². The van der Waals surface area contributed by atoms with Crippen LogP contribution in [-0.4, -0.2) is 13.1 Å². The minimum atomic E-state index is -0.394. The minimum absolute atomic E-state index is 0.394. The molecule has 1 aliphatic carbocycles. The lowest BCUT2D eigenvalue weighted by Gasteiger charge is -1.97. The number of allylic oxidation sites excluding steroid dienone is 2. The first-order valence-corrected chi connectivity index (χ1v) is 4.06. The van der Waals surface area contributed by atoms with Gasteiger partial charge in [0.05, 0.1) is 25.3 Å². The SMILES string of the molecule is COC(=O)C1=CC(S)=[C+]C(S)=C1. The summed E-state index contributed by atoms with van der Waals surface area (Å²) in [6.07, 6.45) is 5.97. The van der Waals surface area contributed by atoms with E-state index < -0.39 is 5.97 Å². The normalized spacial score (nSPS) is 15.4. The van der Waals surface area contributed by atoms with Gasteiger partial charge in [0.25, 0.3) is 0 Å². The summed E-state index contributed by atoms with van der Waals surface area (Å²) >= 11 is 8.09. The molecule has 0 aliphatic heterocycles. The third-order valence-electron chi connectivity index (χ3n) is 1.26. The van der Waals surface area contributed by atoms with Gasteiger partial charge in [-0.1, -0.05) is 0 Å². The van der Waals surface area contributed by atoms with Gasteiger partial charge in [-0.3, -0.25) is 0 Å². The smallest absolute Gasteiger partial charge is 0.365 e. The quantitative estimate of drug-likeness (QED) is 0.380. The Kier molecular flexibility index (Phi) is 2.98. The van der Waals surface area contributed by atoms with E-state index in [4.69, 9.17) is 0 Å². The van der Waals surface area contributed by atoms with Crippen molar-refractivity contribution in [2.75, 3.05) is 7.11 Å². The molecule has 0 N–H and O–H groups in total. The Labute approximate surface area is 81.8 Å². The molecule has 0 atom stereocenters. The molecule has 0 spiro atoms. The van der Waals surface area contributed by atoms with Crippen molar-refractivity contribution in [2.24, 2.45) is 0 Å². The molecule has 2 nitrogen and oxygen atoms in total. The molecule has 0 aromatic heterocycles. The molecule has 0 saturated heterocycles. The highest BCUT2D eigenvalue weighted by Crippen LogP contribution is 2.20. The lowest BCUT2D eigenvalue weighted by atomic mass is 10.1. The number of methoxy groups -OCH3 is 1. The molecular formula is C8H7O2S2+. The van der Waals surface area contributed by atoms with E-state index in [1.165, 1.54) is 7.11 Å². The van der Waals surface area contributed by atoms with Crippen LogP contribution in [0.25, 0.3) is 0 Å². The number of esters is 1. The van der Waals surface area contributed by atoms with Gasteiger partial charge in [-0.05, 0) is 0 Å². The number of thiol groups is 2. The lowest BCUT2D eigenvalue weighted by Crippen LogP contribution is -2.04. The van der Waals surface area contributed by atoms with Crippen molar-refractivity contribution >= 4 is 31.2 Å². The molecule has 0 bridgehead atoms. The Balaban J connectivity index is 2.96. The molecule has 0 unspecified atom stereocenters. The Morgan fingerprint density at radius 2 is 2.17 bits per heavy atom. The fraction of sp³-hybridized carbons (Fsp3) is 0.125. The predicted molar refractivity (Wildman–Crippen MR) is 52.9 cm³/mol. The second-order valence-corrected chi connectivity index (χ2v) is 3.09. The van der Waals surface area contributed by atoms with Crippen LogP contribution in [0.4, 0.5) is 0 Å². The first-order chi connectivity index (χ1) is 5.63. The van der Waals surface area contributed by atoms with Crippen LogP contribution in [0.1, 0.15) is 0 Å². The minimum Gasteiger partial charge on any atom is -0.464 e. The fourth-order valence-electron chi connectivity index (χ4n) is 0.775. The van der Waals surface area contributed by atoms with Crippen LogP contribution >= 0.6 is 25.3 Å². The van der Waals surface area contributed by atoms with Gasteiger partial charge in [-0.2, -0.15) is 0 Å². The molecule has 12 heavy (non-hydrogen) atoms. The van der Waals surface area contributed by atoms with Crippen molar-refractivity contribution in [2.45, 2.75) is 0 Å². The zero-order chi connectivity index (χ0) is 9.14. The van der Waals surface area contributed by atoms with Gasteiger partial charge in [0.15, 0.2) is 15.4 Å². The number of hydrogen-bond acceptors (Lipinski definition) is 4. The Morgan fingerprint density at radius 3 is 2.67 bits per heavy atom. The van der Waals surface area contributed by atoms with Gasteiger partial charge in [0.2, 0.25) is 0 Å². The summed E-state index contributed by atoms with van der Waals surface area (Å²) in [6.45, 7) is 0. The van der Waals surface area contributed by atoms with Crippen LogP contribution in [0.5, 0.6) is 0 Å². The zero-order valence-electron chi connectivity index (χ0n) is 6.37. The van der Waals surface area contributed by atoms with Gasteiger partial charge >= 0.3 is 5.97 Å². The Morgan fingerprint density at radius 1 is 1.50 bits per heavy atom. The predicted octanol–water partition coefficient (Wildman–Crippen LogP) is 1.53. The fourth-order valence-corrected chi connectivity index (χ4v) is 1.38. The average molecular weight is 199 g/mol. The van der Waals surface area contributed by atoms with Crippen molar-refractivity contribution < 1.29 is 9.53 Å². The highest BCUT2D eigenvalue weighted by atomic mass is 32.1. The molecule has 0 saturated carbocycles. The van der Waals surface area contributed by atoms with Crippen LogP contribution in [-0.2, 0) is 9.53 Å². The van der Waals surface area contributed by atoms with Crippen molar-refractivity contribution in [1.82, 2.24) is 0 Å². The first-order valence-electron chi connectivity index (χ1n) is 3.17. The summed E-state index contributed by atoms with van der Waals surface area (Å²) in [5.74, 6) is -0.394. The summed E-state index contributed by atoms with van der Waals surface area (Å²) < 4.78 is 4.53. The summed E-state index contributed by atoms with van der Waals surface area (Å²) in [5.41, 5.74) is 0.436. The Hall–Kier alpha value is -0.700. The molecule has 4 heteroatoms. The highest BCUT2D eigenvalue weighted by molar-refractivity contribution is 7.85. The van der Waals surface area contributed by atoms with Gasteiger partial charge in [0.1, 0.15) is 0 Å². The number of ether oxygens (including phenoxy) is 1. The van der Waals surface area contributed by atoms with Crippen LogP contribution in [0.2, 0.25) is 0 Å². The maximum absolute atomic E-state index is 11.0. The van der Waals surface area contributed by atoms with E-state index in [0.717, 1.165) is 0 Å². The number of carbonyl (C=O) groups excluding carboxylic acids is 1. The standard InChI is InChI=1S/C8H6O2S2/c1-10-8(9)5-2-6(11)4-7(12)3-5/h2-3H,1H3,(H-,11,12)/p+1. The lowest BCUT2D eigenvalue weighted by molar-refractivity contribution is -0.135. The molecule has 0 amide bonds. The highest BCUT2D eigenvalue weighted by Gasteiger charge is 2.19. The van der Waals surface area contributed by atoms with Crippen LogP contribution in [0.15, 0.2) is 27.5 Å². The monoisotopic (exact) mass is 199 g/mol. The van der Waals surface area contributed by atoms with Crippen molar-refractivity contribution in [1.29, 1.82) is 0 Å². The van der Waals surface area contributed by atoms with Crippen LogP contribution < -0.4 is 0 Å². The van der Waals surface area contributed by atoms with Crippen molar-refractivity contribution in [3.8, 4) is 0 Å². The maximum atomic E-state index is 11.0. The maximum Gasteiger partial charge on any atom is 0.365 e.